The van der Waals surface area contributed by atoms with Gasteiger partial charge in [-0.2, -0.15) is 0 Å². The Labute approximate surface area is 135 Å². The number of fused-ring (bicyclic) bond motifs is 1. The van der Waals surface area contributed by atoms with E-state index in [4.69, 9.17) is 14.5 Å². The molecule has 1 saturated heterocycles. The van der Waals surface area contributed by atoms with Crippen LogP contribution in [0.4, 0.5) is 0 Å². The summed E-state index contributed by atoms with van der Waals surface area (Å²) in [6, 6.07) is 12.3. The lowest BCUT2D eigenvalue weighted by Crippen LogP contribution is -2.23. The van der Waals surface area contributed by atoms with E-state index in [0.717, 1.165) is 17.0 Å². The third-order valence-electron chi connectivity index (χ3n) is 4.98. The molecular formula is C19H20N2O2. The molecule has 1 aliphatic heterocycles. The van der Waals surface area contributed by atoms with E-state index in [1.807, 2.05) is 30.6 Å². The molecule has 0 spiro atoms. The summed E-state index contributed by atoms with van der Waals surface area (Å²) in [4.78, 5) is 8.03. The van der Waals surface area contributed by atoms with Gasteiger partial charge in [-0.3, -0.25) is 4.98 Å². The van der Waals surface area contributed by atoms with E-state index in [1.54, 1.807) is 7.11 Å². The molecule has 2 aromatic heterocycles. The molecule has 1 fully saturated rings. The lowest BCUT2D eigenvalue weighted by Gasteiger charge is -2.22. The van der Waals surface area contributed by atoms with Gasteiger partial charge in [0.1, 0.15) is 11.4 Å². The predicted molar refractivity (Wildman–Crippen MR) is 89.9 cm³/mol. The maximum absolute atomic E-state index is 5.97. The molecule has 4 rings (SSSR count). The molecule has 0 saturated carbocycles. The molecule has 3 heterocycles. The second-order valence-corrected chi connectivity index (χ2v) is 6.29. The number of hydrogen-bond donors (Lipinski definition) is 1. The van der Waals surface area contributed by atoms with E-state index in [9.17, 15) is 0 Å². The molecule has 1 aromatic carbocycles. The number of aromatic amines is 1. The summed E-state index contributed by atoms with van der Waals surface area (Å²) in [6.07, 6.45) is 4.04. The number of pyridine rings is 1. The zero-order valence-electron chi connectivity index (χ0n) is 13.5. The monoisotopic (exact) mass is 308 g/mol. The number of benzene rings is 1. The summed E-state index contributed by atoms with van der Waals surface area (Å²) in [7, 11) is 1.68. The van der Waals surface area contributed by atoms with Gasteiger partial charge in [-0.1, -0.05) is 12.1 Å². The summed E-state index contributed by atoms with van der Waals surface area (Å²) in [5, 5.41) is 1.17. The van der Waals surface area contributed by atoms with Gasteiger partial charge in [-0.25, -0.2) is 0 Å². The Morgan fingerprint density at radius 3 is 2.61 bits per heavy atom. The van der Waals surface area contributed by atoms with Crippen LogP contribution >= 0.6 is 0 Å². The highest BCUT2D eigenvalue weighted by Crippen LogP contribution is 2.51. The lowest BCUT2D eigenvalue weighted by molar-refractivity contribution is 0.289. The molecular weight excluding hydrogens is 288 g/mol. The molecule has 3 atom stereocenters. The lowest BCUT2D eigenvalue weighted by atomic mass is 9.81. The smallest absolute Gasteiger partial charge is 0.118 e. The van der Waals surface area contributed by atoms with Gasteiger partial charge < -0.3 is 14.5 Å². The van der Waals surface area contributed by atoms with E-state index in [0.29, 0.717) is 0 Å². The number of rotatable bonds is 4. The molecule has 4 nitrogen and oxygen atoms in total. The van der Waals surface area contributed by atoms with Crippen molar-refractivity contribution in [1.29, 1.82) is 0 Å². The Bertz CT molecular complexity index is 840. The first-order valence-corrected chi connectivity index (χ1v) is 7.87. The standard InChI is InChI=1S/C19H20N2O2/c1-12-19(2,23-12)16(13-4-6-15(22-3)7-5-13)18-17-14(8-10-20-17)9-11-21-18/h4-12,16,20H,1-3H3. The maximum Gasteiger partial charge on any atom is 0.118 e. The molecule has 1 aliphatic rings. The Morgan fingerprint density at radius 2 is 1.96 bits per heavy atom. The van der Waals surface area contributed by atoms with Gasteiger partial charge in [-0.15, -0.1) is 0 Å². The van der Waals surface area contributed by atoms with Gasteiger partial charge in [0.2, 0.25) is 0 Å². The number of nitrogens with zero attached hydrogens (tertiary/aromatic N) is 1. The third-order valence-corrected chi connectivity index (χ3v) is 4.98. The molecule has 1 N–H and O–H groups in total. The second kappa shape index (κ2) is 5.10. The first-order valence-electron chi connectivity index (χ1n) is 7.87. The Balaban J connectivity index is 1.87. The first kappa shape index (κ1) is 14.3. The van der Waals surface area contributed by atoms with Crippen LogP contribution in [0.1, 0.15) is 31.0 Å². The van der Waals surface area contributed by atoms with Gasteiger partial charge in [0.25, 0.3) is 0 Å². The van der Waals surface area contributed by atoms with Crippen molar-refractivity contribution < 1.29 is 9.47 Å². The van der Waals surface area contributed by atoms with Crippen LogP contribution in [-0.4, -0.2) is 28.8 Å². The average molecular weight is 308 g/mol. The van der Waals surface area contributed by atoms with E-state index in [2.05, 4.69) is 37.0 Å². The van der Waals surface area contributed by atoms with Crippen molar-refractivity contribution in [2.75, 3.05) is 7.11 Å². The van der Waals surface area contributed by atoms with Gasteiger partial charge in [-0.05, 0) is 43.7 Å². The fourth-order valence-corrected chi connectivity index (χ4v) is 3.43. The predicted octanol–water partition coefficient (Wildman–Crippen LogP) is 3.88. The SMILES string of the molecule is COc1ccc(C(c2nccc3cc[nH]c23)C2(C)OC2C)cc1. The zero-order chi connectivity index (χ0) is 16.0. The highest BCUT2D eigenvalue weighted by molar-refractivity contribution is 5.82. The second-order valence-electron chi connectivity index (χ2n) is 6.29. The minimum Gasteiger partial charge on any atom is -0.497 e. The Morgan fingerprint density at radius 1 is 1.22 bits per heavy atom. The number of hydrogen-bond acceptors (Lipinski definition) is 3. The molecule has 0 radical (unpaired) electrons. The minimum absolute atomic E-state index is 0.0748. The number of H-pyrrole nitrogens is 1. The van der Waals surface area contributed by atoms with Crippen molar-refractivity contribution in [1.82, 2.24) is 9.97 Å². The molecule has 4 heteroatoms. The third kappa shape index (κ3) is 2.21. The molecule has 3 aromatic rings. The van der Waals surface area contributed by atoms with Gasteiger partial charge in [0.05, 0.1) is 30.3 Å². The summed E-state index contributed by atoms with van der Waals surface area (Å²) in [5.74, 6) is 0.930. The summed E-state index contributed by atoms with van der Waals surface area (Å²) in [5.41, 5.74) is 3.06. The number of methoxy groups -OCH3 is 1. The van der Waals surface area contributed by atoms with Crippen molar-refractivity contribution in [3.05, 3.63) is 60.0 Å². The van der Waals surface area contributed by atoms with Crippen LogP contribution < -0.4 is 4.74 Å². The normalized spacial score (nSPS) is 24.6. The van der Waals surface area contributed by atoms with Crippen LogP contribution in [0.5, 0.6) is 5.75 Å². The van der Waals surface area contributed by atoms with E-state index >= 15 is 0 Å². The van der Waals surface area contributed by atoms with Gasteiger partial charge in [0.15, 0.2) is 0 Å². The van der Waals surface area contributed by atoms with Crippen LogP contribution in [0.15, 0.2) is 48.8 Å². The topological polar surface area (TPSA) is 50.4 Å². The van der Waals surface area contributed by atoms with Crippen molar-refractivity contribution in [2.24, 2.45) is 0 Å². The minimum atomic E-state index is -0.235. The van der Waals surface area contributed by atoms with Crippen molar-refractivity contribution >= 4 is 10.9 Å². The Hall–Kier alpha value is -2.33. The number of epoxide rings is 1. The van der Waals surface area contributed by atoms with Crippen LogP contribution in [0.3, 0.4) is 0 Å². The first-order chi connectivity index (χ1) is 11.1. The van der Waals surface area contributed by atoms with Crippen LogP contribution in [0.25, 0.3) is 10.9 Å². The van der Waals surface area contributed by atoms with Gasteiger partial charge >= 0.3 is 0 Å². The summed E-state index contributed by atoms with van der Waals surface area (Å²) in [6.45, 7) is 4.28. The summed E-state index contributed by atoms with van der Waals surface area (Å²) >= 11 is 0. The van der Waals surface area contributed by atoms with E-state index in [-0.39, 0.29) is 17.6 Å². The molecule has 3 unspecified atom stereocenters. The average Bonchev–Trinajstić information content (AvgIpc) is 2.99. The Kier molecular flexibility index (Phi) is 3.16. The molecule has 118 valence electrons. The molecule has 0 amide bonds. The van der Waals surface area contributed by atoms with E-state index < -0.39 is 0 Å². The van der Waals surface area contributed by atoms with E-state index in [1.165, 1.54) is 10.9 Å². The highest BCUT2D eigenvalue weighted by atomic mass is 16.6. The maximum atomic E-state index is 5.97. The van der Waals surface area contributed by atoms with Crippen molar-refractivity contribution in [3.8, 4) is 5.75 Å². The molecule has 0 bridgehead atoms. The number of ether oxygens (including phenoxy) is 2. The van der Waals surface area contributed by atoms with Crippen molar-refractivity contribution in [3.63, 3.8) is 0 Å². The zero-order valence-corrected chi connectivity index (χ0v) is 13.5. The van der Waals surface area contributed by atoms with Crippen LogP contribution in [0.2, 0.25) is 0 Å². The quantitative estimate of drug-likeness (QED) is 0.744. The highest BCUT2D eigenvalue weighted by Gasteiger charge is 2.56. The van der Waals surface area contributed by atoms with Crippen molar-refractivity contribution in [2.45, 2.75) is 31.5 Å². The fourth-order valence-electron chi connectivity index (χ4n) is 3.43. The summed E-state index contributed by atoms with van der Waals surface area (Å²) < 4.78 is 11.3. The fraction of sp³-hybridized carbons (Fsp3) is 0.316. The van der Waals surface area contributed by atoms with Crippen LogP contribution in [-0.2, 0) is 4.74 Å². The largest absolute Gasteiger partial charge is 0.497 e. The molecule has 0 aliphatic carbocycles. The number of nitrogens with one attached hydrogen (secondary N) is 1. The van der Waals surface area contributed by atoms with Crippen LogP contribution in [0, 0.1) is 0 Å². The molecule has 23 heavy (non-hydrogen) atoms. The number of aromatic nitrogens is 2. The van der Waals surface area contributed by atoms with Gasteiger partial charge in [0, 0.05) is 17.8 Å².